The Morgan fingerprint density at radius 1 is 1.39 bits per heavy atom. The van der Waals surface area contributed by atoms with Gasteiger partial charge in [0.15, 0.2) is 5.65 Å². The van der Waals surface area contributed by atoms with Crippen LogP contribution in [0.15, 0.2) is 43.4 Å². The molecule has 0 bridgehead atoms. The Morgan fingerprint density at radius 2 is 2.27 bits per heavy atom. The smallest absolute Gasteiger partial charge is 0.246 e. The minimum atomic E-state index is -0.139. The van der Waals surface area contributed by atoms with Gasteiger partial charge >= 0.3 is 0 Å². The van der Waals surface area contributed by atoms with E-state index in [9.17, 15) is 4.79 Å². The van der Waals surface area contributed by atoms with Crippen molar-refractivity contribution < 1.29 is 9.53 Å². The van der Waals surface area contributed by atoms with Crippen LogP contribution >= 0.6 is 0 Å². The topological polar surface area (TPSA) is 128 Å². The molecule has 4 heterocycles. The van der Waals surface area contributed by atoms with Gasteiger partial charge in [0.05, 0.1) is 35.8 Å². The summed E-state index contributed by atoms with van der Waals surface area (Å²) in [7, 11) is 1.62. The van der Waals surface area contributed by atoms with Crippen LogP contribution in [0.2, 0.25) is 0 Å². The summed E-state index contributed by atoms with van der Waals surface area (Å²) in [6.45, 7) is 4.50. The van der Waals surface area contributed by atoms with E-state index in [-0.39, 0.29) is 18.0 Å². The maximum Gasteiger partial charge on any atom is 0.246 e. The number of carbonyl (C=O) groups excluding carboxylic acids is 1. The number of likely N-dealkylation sites (tertiary alicyclic amines) is 1. The predicted octanol–water partition coefficient (Wildman–Crippen LogP) is 1.66. The molecule has 33 heavy (non-hydrogen) atoms. The molecule has 1 aliphatic rings. The molecule has 3 N–H and O–H groups in total. The largest absolute Gasteiger partial charge is 0.383 e. The van der Waals surface area contributed by atoms with Gasteiger partial charge in [0.25, 0.3) is 0 Å². The van der Waals surface area contributed by atoms with Crippen molar-refractivity contribution in [3.8, 4) is 11.8 Å². The van der Waals surface area contributed by atoms with Gasteiger partial charge in [0, 0.05) is 24.6 Å². The van der Waals surface area contributed by atoms with Gasteiger partial charge in [0.1, 0.15) is 17.8 Å². The van der Waals surface area contributed by atoms with Crippen LogP contribution in [0.5, 0.6) is 0 Å². The number of ether oxygens (including phenoxy) is 1. The first-order valence-electron chi connectivity index (χ1n) is 10.4. The van der Waals surface area contributed by atoms with E-state index >= 15 is 0 Å². The number of nitrogens with two attached hydrogens (primary N) is 1. The number of aromatic nitrogens is 6. The van der Waals surface area contributed by atoms with Gasteiger partial charge in [-0.05, 0) is 36.6 Å². The number of hydrogen-bond acceptors (Lipinski definition) is 7. The summed E-state index contributed by atoms with van der Waals surface area (Å²) >= 11 is 0. The number of nitrogens with zero attached hydrogens (tertiary/aromatic N) is 6. The molecule has 5 rings (SSSR count). The number of nitrogens with one attached hydrogen (secondary N) is 1. The lowest BCUT2D eigenvalue weighted by Gasteiger charge is -2.22. The van der Waals surface area contributed by atoms with Crippen molar-refractivity contribution in [2.24, 2.45) is 0 Å². The van der Waals surface area contributed by atoms with Gasteiger partial charge in [-0.2, -0.15) is 10.2 Å². The van der Waals surface area contributed by atoms with E-state index in [1.807, 2.05) is 18.2 Å². The van der Waals surface area contributed by atoms with Crippen LogP contribution in [0.4, 0.5) is 5.82 Å². The fraction of sp³-hybridized carbons (Fsp3) is 0.261. The third-order valence-corrected chi connectivity index (χ3v) is 5.84. The molecule has 10 heteroatoms. The average molecular weight is 442 g/mol. The van der Waals surface area contributed by atoms with Crippen molar-refractivity contribution in [2.45, 2.75) is 18.5 Å². The van der Waals surface area contributed by atoms with E-state index in [4.69, 9.17) is 15.6 Å². The fourth-order valence-corrected chi connectivity index (χ4v) is 4.30. The maximum absolute atomic E-state index is 12.4. The Bertz CT molecular complexity index is 1430. The normalized spacial score (nSPS) is 17.9. The SMILES string of the molecule is C=CC(=O)N1C[C@@H](n2nc(C#Cc3ccc4[nH]ncc4c3)c3c(N)ncnc32)C[C@@H]1COC. The lowest BCUT2D eigenvalue weighted by Crippen LogP contribution is -2.37. The highest BCUT2D eigenvalue weighted by Gasteiger charge is 2.37. The highest BCUT2D eigenvalue weighted by Crippen LogP contribution is 2.32. The zero-order chi connectivity index (χ0) is 22.9. The van der Waals surface area contributed by atoms with Crippen LogP contribution in [-0.2, 0) is 9.53 Å². The maximum atomic E-state index is 12.4. The average Bonchev–Trinajstić information content (AvgIpc) is 3.54. The van der Waals surface area contributed by atoms with Gasteiger partial charge in [-0.3, -0.25) is 9.89 Å². The number of anilines is 1. The number of carbonyl (C=O) groups is 1. The lowest BCUT2D eigenvalue weighted by atomic mass is 10.1. The third kappa shape index (κ3) is 3.68. The number of benzene rings is 1. The number of fused-ring (bicyclic) bond motifs is 2. The molecule has 0 saturated carbocycles. The molecule has 10 nitrogen and oxygen atoms in total. The van der Waals surface area contributed by atoms with Gasteiger partial charge in [-0.15, -0.1) is 0 Å². The fourth-order valence-electron chi connectivity index (χ4n) is 4.30. The number of methoxy groups -OCH3 is 1. The summed E-state index contributed by atoms with van der Waals surface area (Å²) in [5.41, 5.74) is 9.04. The van der Waals surface area contributed by atoms with Crippen LogP contribution < -0.4 is 5.73 Å². The first-order chi connectivity index (χ1) is 16.1. The molecule has 3 aromatic heterocycles. The Morgan fingerprint density at radius 3 is 3.09 bits per heavy atom. The minimum absolute atomic E-state index is 0.0832. The first-order valence-corrected chi connectivity index (χ1v) is 10.4. The summed E-state index contributed by atoms with van der Waals surface area (Å²) < 4.78 is 7.13. The summed E-state index contributed by atoms with van der Waals surface area (Å²) in [4.78, 5) is 22.7. The number of nitrogen functional groups attached to an aromatic ring is 1. The molecule has 1 aromatic carbocycles. The van der Waals surface area contributed by atoms with E-state index in [1.165, 1.54) is 12.4 Å². The third-order valence-electron chi connectivity index (χ3n) is 5.84. The highest BCUT2D eigenvalue weighted by atomic mass is 16.5. The molecule has 4 aromatic rings. The summed E-state index contributed by atoms with van der Waals surface area (Å²) in [5.74, 6) is 6.46. The van der Waals surface area contributed by atoms with Crippen molar-refractivity contribution in [3.63, 3.8) is 0 Å². The van der Waals surface area contributed by atoms with Crippen molar-refractivity contribution in [1.82, 2.24) is 34.8 Å². The Kier molecular flexibility index (Phi) is 5.24. The second kappa shape index (κ2) is 8.37. The number of H-pyrrole nitrogens is 1. The molecule has 0 radical (unpaired) electrons. The second-order valence-corrected chi connectivity index (χ2v) is 7.87. The molecule has 1 aliphatic heterocycles. The van der Waals surface area contributed by atoms with Gasteiger partial charge in [-0.1, -0.05) is 12.5 Å². The first kappa shape index (κ1) is 20.7. The molecule has 1 fully saturated rings. The molecule has 0 aliphatic carbocycles. The molecule has 0 spiro atoms. The highest BCUT2D eigenvalue weighted by molar-refractivity contribution is 5.91. The molecular formula is C23H22N8O2. The molecular weight excluding hydrogens is 420 g/mol. The van der Waals surface area contributed by atoms with Gasteiger partial charge < -0.3 is 15.4 Å². The van der Waals surface area contributed by atoms with E-state index in [2.05, 4.69) is 38.6 Å². The Balaban J connectivity index is 1.55. The standard InChI is InChI=1S/C23H22N8O2/c1-3-20(32)30-11-16(9-17(30)12-33-2)31-23-21(22(24)25-13-26-23)19(29-31)7-5-14-4-6-18-15(8-14)10-27-28-18/h3-4,6,8,10,13,16-17H,1,9,11-12H2,2H3,(H,27,28)(H2,24,25,26)/t16-,17+/m0/s1. The second-order valence-electron chi connectivity index (χ2n) is 7.87. The van der Waals surface area contributed by atoms with Crippen molar-refractivity contribution in [2.75, 3.05) is 26.0 Å². The molecule has 1 saturated heterocycles. The zero-order valence-corrected chi connectivity index (χ0v) is 18.0. The number of hydrogen-bond donors (Lipinski definition) is 2. The summed E-state index contributed by atoms with van der Waals surface area (Å²) in [6.07, 6.45) is 5.15. The van der Waals surface area contributed by atoms with Crippen LogP contribution in [0.3, 0.4) is 0 Å². The van der Waals surface area contributed by atoms with Gasteiger partial charge in [-0.25, -0.2) is 14.6 Å². The predicted molar refractivity (Wildman–Crippen MR) is 123 cm³/mol. The van der Waals surface area contributed by atoms with E-state index < -0.39 is 0 Å². The van der Waals surface area contributed by atoms with E-state index in [1.54, 1.807) is 22.9 Å². The monoisotopic (exact) mass is 442 g/mol. The van der Waals surface area contributed by atoms with Crippen LogP contribution in [0.25, 0.3) is 21.9 Å². The van der Waals surface area contributed by atoms with E-state index in [0.717, 1.165) is 16.5 Å². The number of amides is 1. The number of rotatable bonds is 4. The molecule has 0 unspecified atom stereocenters. The van der Waals surface area contributed by atoms with Crippen molar-refractivity contribution in [3.05, 3.63) is 54.6 Å². The minimum Gasteiger partial charge on any atom is -0.383 e. The molecule has 1 amide bonds. The van der Waals surface area contributed by atoms with Gasteiger partial charge in [0.2, 0.25) is 5.91 Å². The zero-order valence-electron chi connectivity index (χ0n) is 18.0. The van der Waals surface area contributed by atoms with Crippen LogP contribution in [0.1, 0.15) is 23.7 Å². The van der Waals surface area contributed by atoms with E-state index in [0.29, 0.717) is 42.1 Å². The summed E-state index contributed by atoms with van der Waals surface area (Å²) in [5, 5.41) is 13.3. The molecule has 166 valence electrons. The summed E-state index contributed by atoms with van der Waals surface area (Å²) in [6, 6.07) is 5.61. The van der Waals surface area contributed by atoms with Crippen molar-refractivity contribution >= 4 is 33.7 Å². The van der Waals surface area contributed by atoms with Crippen molar-refractivity contribution in [1.29, 1.82) is 0 Å². The van der Waals surface area contributed by atoms with Crippen LogP contribution in [-0.4, -0.2) is 67.1 Å². The number of aromatic amines is 1. The quantitative estimate of drug-likeness (QED) is 0.363. The Hall–Kier alpha value is -4.23. The Labute approximate surface area is 189 Å². The molecule has 2 atom stereocenters. The lowest BCUT2D eigenvalue weighted by molar-refractivity contribution is -0.127. The van der Waals surface area contributed by atoms with Crippen LogP contribution in [0, 0.1) is 11.8 Å².